The van der Waals surface area contributed by atoms with Gasteiger partial charge in [-0.15, -0.1) is 0 Å². The van der Waals surface area contributed by atoms with Gasteiger partial charge < -0.3 is 15.7 Å². The maximum absolute atomic E-state index is 13.0. The Morgan fingerprint density at radius 2 is 1.76 bits per heavy atom. The number of urea groups is 1. The second-order valence-corrected chi connectivity index (χ2v) is 7.52. The van der Waals surface area contributed by atoms with E-state index < -0.39 is 5.97 Å². The van der Waals surface area contributed by atoms with Crippen molar-refractivity contribution in [3.05, 3.63) is 35.6 Å². The second-order valence-electron chi connectivity index (χ2n) is 7.52. The minimum atomic E-state index is -0.737. The van der Waals surface area contributed by atoms with Gasteiger partial charge in [0.2, 0.25) is 0 Å². The van der Waals surface area contributed by atoms with Crippen molar-refractivity contribution in [3.8, 4) is 0 Å². The van der Waals surface area contributed by atoms with Crippen molar-refractivity contribution in [2.24, 2.45) is 11.3 Å². The Hall–Kier alpha value is -2.11. The Labute approximate surface area is 147 Å². The Bertz CT molecular complexity index is 620. The molecule has 3 rings (SSSR count). The molecule has 2 saturated carbocycles. The number of benzene rings is 1. The van der Waals surface area contributed by atoms with Gasteiger partial charge in [-0.25, -0.2) is 9.18 Å². The highest BCUT2D eigenvalue weighted by molar-refractivity contribution is 5.74. The number of halogens is 1. The van der Waals surface area contributed by atoms with E-state index in [1.54, 1.807) is 12.1 Å². The quantitative estimate of drug-likeness (QED) is 0.739. The smallest absolute Gasteiger partial charge is 0.315 e. The van der Waals surface area contributed by atoms with E-state index in [0.29, 0.717) is 32.2 Å². The summed E-state index contributed by atoms with van der Waals surface area (Å²) < 4.78 is 13.0. The Morgan fingerprint density at radius 3 is 2.32 bits per heavy atom. The molecule has 0 aromatic heterocycles. The fourth-order valence-corrected chi connectivity index (χ4v) is 3.62. The SMILES string of the molecule is O=C(NCC1(Cc2ccc(F)cc2)CC1)NC1CCC(C(=O)O)CC1. The Balaban J connectivity index is 1.40. The highest BCUT2D eigenvalue weighted by atomic mass is 19.1. The zero-order chi connectivity index (χ0) is 17.9. The zero-order valence-electron chi connectivity index (χ0n) is 14.3. The predicted molar refractivity (Wildman–Crippen MR) is 91.7 cm³/mol. The van der Waals surface area contributed by atoms with E-state index in [9.17, 15) is 14.0 Å². The molecule has 0 bridgehead atoms. The van der Waals surface area contributed by atoms with E-state index >= 15 is 0 Å². The fraction of sp³-hybridized carbons (Fsp3) is 0.579. The Kier molecular flexibility index (Phi) is 5.25. The molecule has 0 heterocycles. The zero-order valence-corrected chi connectivity index (χ0v) is 14.3. The van der Waals surface area contributed by atoms with E-state index in [1.807, 2.05) is 0 Å². The molecule has 25 heavy (non-hydrogen) atoms. The summed E-state index contributed by atoms with van der Waals surface area (Å²) in [4.78, 5) is 23.1. The van der Waals surface area contributed by atoms with Gasteiger partial charge in [0.05, 0.1) is 5.92 Å². The molecule has 3 N–H and O–H groups in total. The molecule has 0 saturated heterocycles. The van der Waals surface area contributed by atoms with E-state index in [1.165, 1.54) is 12.1 Å². The summed E-state index contributed by atoms with van der Waals surface area (Å²) in [5.74, 6) is -1.24. The van der Waals surface area contributed by atoms with Crippen LogP contribution in [0.3, 0.4) is 0 Å². The fourth-order valence-electron chi connectivity index (χ4n) is 3.62. The van der Waals surface area contributed by atoms with Crippen LogP contribution in [-0.4, -0.2) is 29.7 Å². The molecule has 2 amide bonds. The monoisotopic (exact) mass is 348 g/mol. The molecular formula is C19H25FN2O3. The molecule has 136 valence electrons. The largest absolute Gasteiger partial charge is 0.481 e. The first-order valence-electron chi connectivity index (χ1n) is 8.97. The van der Waals surface area contributed by atoms with Gasteiger partial charge in [-0.3, -0.25) is 4.79 Å². The lowest BCUT2D eigenvalue weighted by atomic mass is 9.86. The van der Waals surface area contributed by atoms with E-state index in [2.05, 4.69) is 10.6 Å². The molecule has 0 spiro atoms. The van der Waals surface area contributed by atoms with Crippen LogP contribution in [0.2, 0.25) is 0 Å². The van der Waals surface area contributed by atoms with Gasteiger partial charge >= 0.3 is 12.0 Å². The van der Waals surface area contributed by atoms with Gasteiger partial charge in [0.1, 0.15) is 5.82 Å². The molecule has 0 unspecified atom stereocenters. The highest BCUT2D eigenvalue weighted by Gasteiger charge is 2.42. The average molecular weight is 348 g/mol. The van der Waals surface area contributed by atoms with Crippen LogP contribution in [-0.2, 0) is 11.2 Å². The number of carboxylic acids is 1. The van der Waals surface area contributed by atoms with Crippen molar-refractivity contribution in [3.63, 3.8) is 0 Å². The molecule has 2 fully saturated rings. The summed E-state index contributed by atoms with van der Waals surface area (Å²) in [5.41, 5.74) is 1.18. The number of aliphatic carboxylic acids is 1. The van der Waals surface area contributed by atoms with E-state index in [4.69, 9.17) is 5.11 Å². The molecule has 0 radical (unpaired) electrons. The van der Waals surface area contributed by atoms with E-state index in [-0.39, 0.29) is 29.2 Å². The van der Waals surface area contributed by atoms with Gasteiger partial charge in [-0.05, 0) is 68.1 Å². The van der Waals surface area contributed by atoms with Crippen molar-refractivity contribution in [2.45, 2.75) is 51.0 Å². The van der Waals surface area contributed by atoms with Gasteiger partial charge in [-0.1, -0.05) is 12.1 Å². The van der Waals surface area contributed by atoms with Gasteiger partial charge in [0, 0.05) is 12.6 Å². The maximum Gasteiger partial charge on any atom is 0.315 e. The molecule has 1 aromatic carbocycles. The number of carboxylic acid groups (broad SMARTS) is 1. The number of rotatable bonds is 6. The topological polar surface area (TPSA) is 78.4 Å². The van der Waals surface area contributed by atoms with Crippen molar-refractivity contribution in [1.29, 1.82) is 0 Å². The lowest BCUT2D eigenvalue weighted by Gasteiger charge is -2.27. The number of hydrogen-bond acceptors (Lipinski definition) is 2. The third-order valence-electron chi connectivity index (χ3n) is 5.49. The predicted octanol–water partition coefficient (Wildman–Crippen LogP) is 3.09. The van der Waals surface area contributed by atoms with Gasteiger partial charge in [-0.2, -0.15) is 0 Å². The Morgan fingerprint density at radius 1 is 1.12 bits per heavy atom. The van der Waals surface area contributed by atoms with Crippen LogP contribution in [0.5, 0.6) is 0 Å². The number of amides is 2. The van der Waals surface area contributed by atoms with Crippen LogP contribution in [0, 0.1) is 17.2 Å². The molecule has 6 heteroatoms. The molecule has 0 aliphatic heterocycles. The summed E-state index contributed by atoms with van der Waals surface area (Å²) in [6.07, 6.45) is 5.64. The molecule has 1 aromatic rings. The summed E-state index contributed by atoms with van der Waals surface area (Å²) in [6, 6.07) is 6.43. The molecular weight excluding hydrogens is 323 g/mol. The van der Waals surface area contributed by atoms with Crippen LogP contribution in [0.15, 0.2) is 24.3 Å². The maximum atomic E-state index is 13.0. The van der Waals surface area contributed by atoms with Crippen LogP contribution in [0.4, 0.5) is 9.18 Å². The number of carbonyl (C=O) groups is 2. The molecule has 5 nitrogen and oxygen atoms in total. The standard InChI is InChI=1S/C19H25FN2O3/c20-15-5-1-13(2-6-15)11-19(9-10-19)12-21-18(25)22-16-7-3-14(4-8-16)17(23)24/h1-2,5-6,14,16H,3-4,7-12H2,(H,23,24)(H2,21,22,25). The normalized spacial score (nSPS) is 24.4. The van der Waals surface area contributed by atoms with Crippen LogP contribution in [0.1, 0.15) is 44.1 Å². The summed E-state index contributed by atoms with van der Waals surface area (Å²) >= 11 is 0. The lowest BCUT2D eigenvalue weighted by molar-refractivity contribution is -0.142. The number of hydrogen-bond donors (Lipinski definition) is 3. The van der Waals surface area contributed by atoms with E-state index in [0.717, 1.165) is 24.8 Å². The first-order chi connectivity index (χ1) is 12.0. The van der Waals surface area contributed by atoms with Gasteiger partial charge in [0.15, 0.2) is 0 Å². The first-order valence-corrected chi connectivity index (χ1v) is 8.97. The van der Waals surface area contributed by atoms with Crippen molar-refractivity contribution in [2.75, 3.05) is 6.54 Å². The average Bonchev–Trinajstić information content (AvgIpc) is 3.36. The third kappa shape index (κ3) is 4.94. The van der Waals surface area contributed by atoms with Gasteiger partial charge in [0.25, 0.3) is 0 Å². The summed E-state index contributed by atoms with van der Waals surface area (Å²) in [7, 11) is 0. The van der Waals surface area contributed by atoms with Crippen molar-refractivity contribution in [1.82, 2.24) is 10.6 Å². The molecule has 0 atom stereocenters. The highest BCUT2D eigenvalue weighted by Crippen LogP contribution is 2.47. The molecule has 2 aliphatic rings. The van der Waals surface area contributed by atoms with Crippen LogP contribution in [0.25, 0.3) is 0 Å². The number of nitrogens with one attached hydrogen (secondary N) is 2. The van der Waals surface area contributed by atoms with Crippen LogP contribution < -0.4 is 10.6 Å². The third-order valence-corrected chi connectivity index (χ3v) is 5.49. The second kappa shape index (κ2) is 7.42. The minimum absolute atomic E-state index is 0.0582. The molecule has 2 aliphatic carbocycles. The number of carbonyl (C=O) groups excluding carboxylic acids is 1. The van der Waals surface area contributed by atoms with Crippen molar-refractivity contribution < 1.29 is 19.1 Å². The minimum Gasteiger partial charge on any atom is -0.481 e. The summed E-state index contributed by atoms with van der Waals surface area (Å²) in [5, 5.41) is 14.9. The lowest BCUT2D eigenvalue weighted by Crippen LogP contribution is -2.45. The first kappa shape index (κ1) is 17.7. The van der Waals surface area contributed by atoms with Crippen molar-refractivity contribution >= 4 is 12.0 Å². The van der Waals surface area contributed by atoms with Crippen LogP contribution >= 0.6 is 0 Å². The summed E-state index contributed by atoms with van der Waals surface area (Å²) in [6.45, 7) is 0.612.